The second kappa shape index (κ2) is 5.79. The van der Waals surface area contributed by atoms with Crippen molar-refractivity contribution >= 4 is 0 Å². The van der Waals surface area contributed by atoms with Gasteiger partial charge in [0.1, 0.15) is 5.75 Å². The highest BCUT2D eigenvalue weighted by molar-refractivity contribution is 5.30. The number of aliphatic hydroxyl groups excluding tert-OH is 2. The zero-order valence-electron chi connectivity index (χ0n) is 12.2. The summed E-state index contributed by atoms with van der Waals surface area (Å²) in [5.74, 6) is 0.831. The van der Waals surface area contributed by atoms with E-state index in [9.17, 15) is 10.2 Å². The fraction of sp³-hybridized carbons (Fsp3) is 0.529. The second-order valence-corrected chi connectivity index (χ2v) is 5.88. The number of methoxy groups -OCH3 is 1. The molecule has 0 saturated carbocycles. The lowest BCUT2D eigenvalue weighted by atomic mass is 9.74. The molecule has 1 aromatic carbocycles. The molecule has 0 aliphatic carbocycles. The minimum atomic E-state index is -0.435. The Morgan fingerprint density at radius 2 is 2.14 bits per heavy atom. The van der Waals surface area contributed by atoms with Crippen molar-refractivity contribution in [1.82, 2.24) is 0 Å². The molecule has 0 spiro atoms. The molecule has 0 radical (unpaired) electrons. The number of ether oxygens (including phenoxy) is 2. The first-order chi connectivity index (χ1) is 10.2. The van der Waals surface area contributed by atoms with Crippen LogP contribution in [0.4, 0.5) is 0 Å². The van der Waals surface area contributed by atoms with Gasteiger partial charge in [-0.15, -0.1) is 0 Å². The van der Waals surface area contributed by atoms with E-state index in [2.05, 4.69) is 12.1 Å². The van der Waals surface area contributed by atoms with Crippen LogP contribution in [0.5, 0.6) is 5.75 Å². The third kappa shape index (κ3) is 2.48. The summed E-state index contributed by atoms with van der Waals surface area (Å²) in [6.45, 7) is 0.103. The minimum Gasteiger partial charge on any atom is -0.497 e. The van der Waals surface area contributed by atoms with E-state index < -0.39 is 5.60 Å². The number of rotatable bonds is 6. The van der Waals surface area contributed by atoms with Crippen LogP contribution in [0.3, 0.4) is 0 Å². The molecule has 4 atom stereocenters. The summed E-state index contributed by atoms with van der Waals surface area (Å²) < 4.78 is 11.3. The molecule has 2 heterocycles. The van der Waals surface area contributed by atoms with Gasteiger partial charge in [-0.3, -0.25) is 0 Å². The SMILES string of the molecule is COc1cccc(CC[C@@]23C=C[C@@H](O2)C(CO)C3CO)c1. The first-order valence-corrected chi connectivity index (χ1v) is 7.44. The summed E-state index contributed by atoms with van der Waals surface area (Å²) in [5.41, 5.74) is 0.754. The Morgan fingerprint density at radius 3 is 2.86 bits per heavy atom. The highest BCUT2D eigenvalue weighted by Crippen LogP contribution is 2.49. The summed E-state index contributed by atoms with van der Waals surface area (Å²) in [6, 6.07) is 8.01. The third-order valence-corrected chi connectivity index (χ3v) is 4.84. The fourth-order valence-electron chi connectivity index (χ4n) is 3.64. The van der Waals surface area contributed by atoms with E-state index >= 15 is 0 Å². The Bertz CT molecular complexity index is 527. The molecule has 4 nitrogen and oxygen atoms in total. The fourth-order valence-corrected chi connectivity index (χ4v) is 3.64. The van der Waals surface area contributed by atoms with Crippen LogP contribution in [0.15, 0.2) is 36.4 Å². The van der Waals surface area contributed by atoms with E-state index in [4.69, 9.17) is 9.47 Å². The summed E-state index contributed by atoms with van der Waals surface area (Å²) in [6.07, 6.45) is 5.69. The van der Waals surface area contributed by atoms with Crippen molar-refractivity contribution in [2.75, 3.05) is 20.3 Å². The Labute approximate surface area is 125 Å². The normalized spacial score (nSPS) is 33.6. The van der Waals surface area contributed by atoms with Crippen LogP contribution in [0.25, 0.3) is 0 Å². The van der Waals surface area contributed by atoms with Crippen LogP contribution < -0.4 is 4.74 Å². The van der Waals surface area contributed by atoms with Crippen molar-refractivity contribution in [2.45, 2.75) is 24.5 Å². The van der Waals surface area contributed by atoms with E-state index in [1.165, 1.54) is 5.56 Å². The molecule has 2 unspecified atom stereocenters. The van der Waals surface area contributed by atoms with Gasteiger partial charge in [-0.05, 0) is 30.5 Å². The second-order valence-electron chi connectivity index (χ2n) is 5.88. The van der Waals surface area contributed by atoms with Gasteiger partial charge in [0.05, 0.1) is 18.8 Å². The molecule has 0 aromatic heterocycles. The van der Waals surface area contributed by atoms with Crippen LogP contribution in [0, 0.1) is 11.8 Å². The molecule has 1 aromatic rings. The van der Waals surface area contributed by atoms with Crippen LogP contribution in [0.2, 0.25) is 0 Å². The van der Waals surface area contributed by atoms with Crippen molar-refractivity contribution in [3.05, 3.63) is 42.0 Å². The van der Waals surface area contributed by atoms with Crippen molar-refractivity contribution in [1.29, 1.82) is 0 Å². The van der Waals surface area contributed by atoms with Gasteiger partial charge >= 0.3 is 0 Å². The molecule has 2 N–H and O–H groups in total. The number of fused-ring (bicyclic) bond motifs is 2. The summed E-state index contributed by atoms with van der Waals surface area (Å²) in [4.78, 5) is 0. The first-order valence-electron chi connectivity index (χ1n) is 7.44. The maximum absolute atomic E-state index is 9.69. The predicted octanol–water partition coefficient (Wildman–Crippen LogP) is 1.55. The number of benzene rings is 1. The van der Waals surface area contributed by atoms with E-state index in [-0.39, 0.29) is 31.2 Å². The molecule has 2 aliphatic rings. The predicted molar refractivity (Wildman–Crippen MR) is 79.2 cm³/mol. The summed E-state index contributed by atoms with van der Waals surface area (Å²) in [5, 5.41) is 19.2. The van der Waals surface area contributed by atoms with Crippen LogP contribution in [-0.4, -0.2) is 42.2 Å². The maximum atomic E-state index is 9.69. The van der Waals surface area contributed by atoms with Gasteiger partial charge in [-0.25, -0.2) is 0 Å². The number of hydrogen-bond acceptors (Lipinski definition) is 4. The molecule has 2 aliphatic heterocycles. The minimum absolute atomic E-state index is 0.00492. The van der Waals surface area contributed by atoms with Crippen LogP contribution in [0.1, 0.15) is 12.0 Å². The van der Waals surface area contributed by atoms with Crippen molar-refractivity contribution < 1.29 is 19.7 Å². The molecule has 4 heteroatoms. The molecule has 1 saturated heterocycles. The van der Waals surface area contributed by atoms with Gasteiger partial charge in [-0.2, -0.15) is 0 Å². The Balaban J connectivity index is 1.73. The lowest BCUT2D eigenvalue weighted by Crippen LogP contribution is -2.39. The largest absolute Gasteiger partial charge is 0.497 e. The Kier molecular flexibility index (Phi) is 4.02. The maximum Gasteiger partial charge on any atom is 0.119 e. The van der Waals surface area contributed by atoms with E-state index in [0.29, 0.717) is 0 Å². The zero-order valence-corrected chi connectivity index (χ0v) is 12.2. The number of aliphatic hydroxyl groups is 2. The molecule has 3 rings (SSSR count). The van der Waals surface area contributed by atoms with E-state index in [1.807, 2.05) is 24.3 Å². The van der Waals surface area contributed by atoms with Gasteiger partial charge in [0.25, 0.3) is 0 Å². The molecule has 2 bridgehead atoms. The van der Waals surface area contributed by atoms with E-state index in [1.54, 1.807) is 7.11 Å². The molecular weight excluding hydrogens is 268 g/mol. The van der Waals surface area contributed by atoms with Crippen LogP contribution in [-0.2, 0) is 11.2 Å². The standard InChI is InChI=1S/C17H22O4/c1-20-13-4-2-3-12(9-13)5-7-17-8-6-16(21-17)14(10-18)15(17)11-19/h2-4,6,8-9,14-16,18-19H,5,7,10-11H2,1H3/t14?,15?,16-,17+/m1/s1. The zero-order chi connectivity index (χ0) is 14.9. The smallest absolute Gasteiger partial charge is 0.119 e. The van der Waals surface area contributed by atoms with Gasteiger partial charge in [-0.1, -0.05) is 24.3 Å². The molecule has 1 fully saturated rings. The van der Waals surface area contributed by atoms with Gasteiger partial charge in [0.15, 0.2) is 0 Å². The monoisotopic (exact) mass is 290 g/mol. The van der Waals surface area contributed by atoms with E-state index in [0.717, 1.165) is 18.6 Å². The lowest BCUT2D eigenvalue weighted by molar-refractivity contribution is -0.00549. The van der Waals surface area contributed by atoms with Gasteiger partial charge < -0.3 is 19.7 Å². The van der Waals surface area contributed by atoms with Crippen molar-refractivity contribution in [3.63, 3.8) is 0 Å². The molecular formula is C17H22O4. The lowest BCUT2D eigenvalue weighted by Gasteiger charge is -2.32. The number of aryl methyl sites for hydroxylation is 1. The average molecular weight is 290 g/mol. The van der Waals surface area contributed by atoms with Gasteiger partial charge in [0, 0.05) is 25.0 Å². The van der Waals surface area contributed by atoms with Crippen molar-refractivity contribution in [2.24, 2.45) is 11.8 Å². The number of hydrogen-bond donors (Lipinski definition) is 2. The molecule has 0 amide bonds. The van der Waals surface area contributed by atoms with Crippen molar-refractivity contribution in [3.8, 4) is 5.75 Å². The third-order valence-electron chi connectivity index (χ3n) is 4.84. The van der Waals surface area contributed by atoms with Crippen LogP contribution >= 0.6 is 0 Å². The Morgan fingerprint density at radius 1 is 1.29 bits per heavy atom. The highest BCUT2D eigenvalue weighted by atomic mass is 16.5. The first kappa shape index (κ1) is 14.6. The molecule has 21 heavy (non-hydrogen) atoms. The topological polar surface area (TPSA) is 58.9 Å². The summed E-state index contributed by atoms with van der Waals surface area (Å²) in [7, 11) is 1.66. The Hall–Kier alpha value is -1.36. The molecule has 114 valence electrons. The highest BCUT2D eigenvalue weighted by Gasteiger charge is 2.55. The van der Waals surface area contributed by atoms with Gasteiger partial charge in [0.2, 0.25) is 0 Å². The average Bonchev–Trinajstić information content (AvgIpc) is 3.08. The quantitative estimate of drug-likeness (QED) is 0.781. The summed E-state index contributed by atoms with van der Waals surface area (Å²) >= 11 is 0.